The largest absolute Gasteiger partial charge is 0.316 e. The van der Waals surface area contributed by atoms with Crippen molar-refractivity contribution >= 4 is 11.6 Å². The van der Waals surface area contributed by atoms with Crippen LogP contribution in [0.5, 0.6) is 0 Å². The summed E-state index contributed by atoms with van der Waals surface area (Å²) in [7, 11) is 0. The molecule has 21 heavy (non-hydrogen) atoms. The van der Waals surface area contributed by atoms with Crippen LogP contribution in [0.2, 0.25) is 5.02 Å². The Morgan fingerprint density at radius 1 is 1.29 bits per heavy atom. The van der Waals surface area contributed by atoms with E-state index in [1.807, 2.05) is 12.1 Å². The molecule has 0 heterocycles. The molecule has 1 aliphatic rings. The van der Waals surface area contributed by atoms with Gasteiger partial charge in [-0.05, 0) is 67.2 Å². The highest BCUT2D eigenvalue weighted by Crippen LogP contribution is 2.47. The Morgan fingerprint density at radius 3 is 2.67 bits per heavy atom. The summed E-state index contributed by atoms with van der Waals surface area (Å²) in [6, 6.07) is 8.42. The fraction of sp³-hybridized carbons (Fsp3) is 0.684. The first-order valence-corrected chi connectivity index (χ1v) is 8.72. The van der Waals surface area contributed by atoms with Crippen LogP contribution < -0.4 is 5.32 Å². The number of nitrogens with one attached hydrogen (secondary N) is 1. The molecule has 0 saturated heterocycles. The van der Waals surface area contributed by atoms with Crippen molar-refractivity contribution in [2.75, 3.05) is 13.1 Å². The van der Waals surface area contributed by atoms with E-state index in [0.717, 1.165) is 18.1 Å². The molecule has 1 nitrogen and oxygen atoms in total. The van der Waals surface area contributed by atoms with Gasteiger partial charge in [-0.25, -0.2) is 0 Å². The van der Waals surface area contributed by atoms with E-state index in [0.29, 0.717) is 23.2 Å². The van der Waals surface area contributed by atoms with Gasteiger partial charge in [-0.1, -0.05) is 57.5 Å². The molecule has 2 unspecified atom stereocenters. The van der Waals surface area contributed by atoms with Gasteiger partial charge in [0.2, 0.25) is 0 Å². The molecule has 1 N–H and O–H groups in total. The van der Waals surface area contributed by atoms with Crippen LogP contribution in [0.3, 0.4) is 0 Å². The molecule has 1 fully saturated rings. The van der Waals surface area contributed by atoms with Crippen molar-refractivity contribution in [3.05, 3.63) is 34.9 Å². The predicted molar refractivity (Wildman–Crippen MR) is 93.0 cm³/mol. The third-order valence-electron chi connectivity index (χ3n) is 4.80. The van der Waals surface area contributed by atoms with Crippen LogP contribution in [0.25, 0.3) is 0 Å². The quantitative estimate of drug-likeness (QED) is 0.758. The number of hydrogen-bond acceptors (Lipinski definition) is 1. The summed E-state index contributed by atoms with van der Waals surface area (Å²) in [5, 5.41) is 4.60. The van der Waals surface area contributed by atoms with Gasteiger partial charge in [-0.15, -0.1) is 0 Å². The Morgan fingerprint density at radius 2 is 2.00 bits per heavy atom. The van der Waals surface area contributed by atoms with Crippen molar-refractivity contribution in [1.82, 2.24) is 5.32 Å². The lowest BCUT2D eigenvalue weighted by Crippen LogP contribution is -2.36. The molecule has 0 amide bonds. The van der Waals surface area contributed by atoms with Crippen LogP contribution in [0, 0.1) is 17.3 Å². The van der Waals surface area contributed by atoms with Gasteiger partial charge in [0.15, 0.2) is 0 Å². The van der Waals surface area contributed by atoms with Crippen LogP contribution in [0.4, 0.5) is 0 Å². The van der Waals surface area contributed by atoms with E-state index >= 15 is 0 Å². The van der Waals surface area contributed by atoms with Gasteiger partial charge in [0.25, 0.3) is 0 Å². The van der Waals surface area contributed by atoms with Crippen molar-refractivity contribution in [1.29, 1.82) is 0 Å². The average Bonchev–Trinajstić information content (AvgIpc) is 2.40. The Labute approximate surface area is 135 Å². The lowest BCUT2D eigenvalue weighted by atomic mass is 9.65. The maximum Gasteiger partial charge on any atom is 0.0440 e. The minimum Gasteiger partial charge on any atom is -0.316 e. The topological polar surface area (TPSA) is 12.0 Å². The fourth-order valence-corrected chi connectivity index (χ4v) is 3.86. The Bertz CT molecular complexity index is 453. The van der Waals surface area contributed by atoms with Gasteiger partial charge in [0.05, 0.1) is 0 Å². The van der Waals surface area contributed by atoms with Crippen molar-refractivity contribution < 1.29 is 0 Å². The van der Waals surface area contributed by atoms with Crippen LogP contribution in [-0.2, 0) is 0 Å². The zero-order chi connectivity index (χ0) is 15.5. The summed E-state index contributed by atoms with van der Waals surface area (Å²) in [6.07, 6.45) is 3.86. The third kappa shape index (κ3) is 4.72. The molecule has 1 saturated carbocycles. The highest BCUT2D eigenvalue weighted by molar-refractivity contribution is 6.31. The first-order valence-electron chi connectivity index (χ1n) is 8.34. The van der Waals surface area contributed by atoms with Gasteiger partial charge >= 0.3 is 0 Å². The molecule has 2 atom stereocenters. The second-order valence-electron chi connectivity index (χ2n) is 7.85. The zero-order valence-electron chi connectivity index (χ0n) is 14.0. The number of halogens is 1. The van der Waals surface area contributed by atoms with E-state index in [1.165, 1.54) is 24.8 Å². The molecule has 0 bridgehead atoms. The Kier molecular flexibility index (Phi) is 5.73. The fourth-order valence-electron chi connectivity index (χ4n) is 3.58. The highest BCUT2D eigenvalue weighted by atomic mass is 35.5. The van der Waals surface area contributed by atoms with Gasteiger partial charge in [-0.2, -0.15) is 0 Å². The minimum absolute atomic E-state index is 0.429. The molecule has 0 radical (unpaired) electrons. The zero-order valence-corrected chi connectivity index (χ0v) is 14.7. The van der Waals surface area contributed by atoms with Gasteiger partial charge < -0.3 is 5.32 Å². The Hall–Kier alpha value is -0.530. The lowest BCUT2D eigenvalue weighted by molar-refractivity contribution is 0.159. The second-order valence-corrected chi connectivity index (χ2v) is 8.25. The van der Waals surface area contributed by atoms with Gasteiger partial charge in [-0.3, -0.25) is 0 Å². The van der Waals surface area contributed by atoms with Crippen LogP contribution in [0.1, 0.15) is 58.4 Å². The summed E-state index contributed by atoms with van der Waals surface area (Å²) < 4.78 is 0. The molecule has 0 spiro atoms. The maximum absolute atomic E-state index is 6.48. The van der Waals surface area contributed by atoms with E-state index < -0.39 is 0 Å². The maximum atomic E-state index is 6.48. The summed E-state index contributed by atoms with van der Waals surface area (Å²) in [5.41, 5.74) is 1.78. The normalized spacial score (nSPS) is 25.2. The van der Waals surface area contributed by atoms with Crippen molar-refractivity contribution in [3.63, 3.8) is 0 Å². The number of hydrogen-bond donors (Lipinski definition) is 1. The molecule has 2 heteroatoms. The number of rotatable bonds is 5. The predicted octanol–water partition coefficient (Wildman–Crippen LogP) is 5.50. The summed E-state index contributed by atoms with van der Waals surface area (Å²) >= 11 is 6.48. The van der Waals surface area contributed by atoms with Crippen molar-refractivity contribution in [3.8, 4) is 0 Å². The van der Waals surface area contributed by atoms with Gasteiger partial charge in [0.1, 0.15) is 0 Å². The Balaban J connectivity index is 2.12. The summed E-state index contributed by atoms with van der Waals surface area (Å²) in [5.74, 6) is 2.00. The van der Waals surface area contributed by atoms with Crippen molar-refractivity contribution in [2.24, 2.45) is 17.3 Å². The highest BCUT2D eigenvalue weighted by Gasteiger charge is 2.36. The molecule has 0 aromatic heterocycles. The molecule has 2 rings (SSSR count). The molecule has 1 aromatic rings. The van der Waals surface area contributed by atoms with Crippen molar-refractivity contribution in [2.45, 2.75) is 52.9 Å². The molecule has 1 aliphatic carbocycles. The lowest BCUT2D eigenvalue weighted by Gasteiger charge is -2.41. The van der Waals surface area contributed by atoms with E-state index in [2.05, 4.69) is 45.1 Å². The SMILES string of the molecule is CC(C)CNCC1CCC(C)(C)CC1c1ccccc1Cl. The monoisotopic (exact) mass is 307 g/mol. The molecule has 118 valence electrons. The third-order valence-corrected chi connectivity index (χ3v) is 5.14. The average molecular weight is 308 g/mol. The minimum atomic E-state index is 0.429. The molecule has 0 aliphatic heterocycles. The molecular weight excluding hydrogens is 278 g/mol. The van der Waals surface area contributed by atoms with Gasteiger partial charge in [0, 0.05) is 5.02 Å². The van der Waals surface area contributed by atoms with Crippen LogP contribution >= 0.6 is 11.6 Å². The van der Waals surface area contributed by atoms with E-state index in [4.69, 9.17) is 11.6 Å². The van der Waals surface area contributed by atoms with E-state index in [-0.39, 0.29) is 0 Å². The summed E-state index contributed by atoms with van der Waals surface area (Å²) in [4.78, 5) is 0. The first kappa shape index (κ1) is 16.8. The number of benzene rings is 1. The first-order chi connectivity index (χ1) is 9.89. The van der Waals surface area contributed by atoms with Crippen LogP contribution in [-0.4, -0.2) is 13.1 Å². The molecular formula is C19H30ClN. The second kappa shape index (κ2) is 7.15. The molecule has 1 aromatic carbocycles. The van der Waals surface area contributed by atoms with Crippen LogP contribution in [0.15, 0.2) is 24.3 Å². The smallest absolute Gasteiger partial charge is 0.0440 e. The standard InChI is InChI=1S/C19H30ClN/c1-14(2)12-21-13-15-9-10-19(3,4)11-17(15)16-7-5-6-8-18(16)20/h5-8,14-15,17,21H,9-13H2,1-4H3. The summed E-state index contributed by atoms with van der Waals surface area (Å²) in [6.45, 7) is 11.5. The van der Waals surface area contributed by atoms with E-state index in [9.17, 15) is 0 Å². The van der Waals surface area contributed by atoms with E-state index in [1.54, 1.807) is 0 Å².